The number of carbonyl (C=O) groups is 1. The van der Waals surface area contributed by atoms with Gasteiger partial charge >= 0.3 is 0 Å². The van der Waals surface area contributed by atoms with E-state index in [4.69, 9.17) is 4.52 Å². The highest BCUT2D eigenvalue weighted by Crippen LogP contribution is 2.32. The molecule has 25 heavy (non-hydrogen) atoms. The molecular weight excluding hydrogens is 318 g/mol. The van der Waals surface area contributed by atoms with Gasteiger partial charge in [-0.1, -0.05) is 19.0 Å². The number of pyridine rings is 1. The van der Waals surface area contributed by atoms with Gasteiger partial charge in [0.15, 0.2) is 5.82 Å². The van der Waals surface area contributed by atoms with Gasteiger partial charge in [0.2, 0.25) is 5.89 Å². The number of amides is 1. The number of aromatic nitrogens is 3. The van der Waals surface area contributed by atoms with Crippen LogP contribution < -0.4 is 5.32 Å². The summed E-state index contributed by atoms with van der Waals surface area (Å²) in [6.07, 6.45) is 5.84. The molecule has 7 nitrogen and oxygen atoms in total. The molecule has 2 aliphatic rings. The van der Waals surface area contributed by atoms with Gasteiger partial charge in [-0.25, -0.2) is 4.98 Å². The van der Waals surface area contributed by atoms with E-state index in [9.17, 15) is 4.79 Å². The van der Waals surface area contributed by atoms with Crippen molar-refractivity contribution in [2.24, 2.45) is 0 Å². The predicted molar refractivity (Wildman–Crippen MR) is 92.3 cm³/mol. The average Bonchev–Trinajstić information content (AvgIpc) is 3.12. The molecule has 2 aromatic rings. The minimum Gasteiger partial charge on any atom is -0.367 e. The van der Waals surface area contributed by atoms with Gasteiger partial charge < -0.3 is 14.7 Å². The fourth-order valence-corrected chi connectivity index (χ4v) is 3.10. The van der Waals surface area contributed by atoms with Gasteiger partial charge in [-0.05, 0) is 37.8 Å². The molecule has 0 aromatic carbocycles. The molecule has 1 aliphatic carbocycles. The molecule has 0 unspecified atom stereocenters. The van der Waals surface area contributed by atoms with E-state index in [1.807, 2.05) is 30.9 Å². The van der Waals surface area contributed by atoms with Crippen molar-refractivity contribution in [3.8, 4) is 0 Å². The molecule has 2 aromatic heterocycles. The summed E-state index contributed by atoms with van der Waals surface area (Å²) in [7, 11) is 0. The summed E-state index contributed by atoms with van der Waals surface area (Å²) >= 11 is 0. The SMILES string of the molecule is CC(C)c1nc([C@H]2CCCN2C(=O)c2ccc(NC3CC3)nc2)no1. The molecule has 4 rings (SSSR count). The Morgan fingerprint density at radius 3 is 2.80 bits per heavy atom. The molecule has 132 valence electrons. The van der Waals surface area contributed by atoms with Gasteiger partial charge in [-0.15, -0.1) is 0 Å². The van der Waals surface area contributed by atoms with E-state index >= 15 is 0 Å². The maximum Gasteiger partial charge on any atom is 0.256 e. The molecule has 0 spiro atoms. The fourth-order valence-electron chi connectivity index (χ4n) is 3.10. The molecule has 7 heteroatoms. The lowest BCUT2D eigenvalue weighted by Gasteiger charge is -2.22. The van der Waals surface area contributed by atoms with Crippen molar-refractivity contribution in [2.75, 3.05) is 11.9 Å². The Balaban J connectivity index is 1.49. The van der Waals surface area contributed by atoms with E-state index in [0.717, 1.165) is 18.7 Å². The Bertz CT molecular complexity index is 751. The van der Waals surface area contributed by atoms with Crippen LogP contribution in [0, 0.1) is 0 Å². The van der Waals surface area contributed by atoms with Crippen LogP contribution in [-0.2, 0) is 0 Å². The Morgan fingerprint density at radius 1 is 1.32 bits per heavy atom. The highest BCUT2D eigenvalue weighted by Gasteiger charge is 2.34. The van der Waals surface area contributed by atoms with Crippen LogP contribution in [-0.4, -0.2) is 38.5 Å². The predicted octanol–water partition coefficient (Wildman–Crippen LogP) is 3.14. The summed E-state index contributed by atoms with van der Waals surface area (Å²) in [6.45, 7) is 4.73. The van der Waals surface area contributed by atoms with Gasteiger partial charge in [0, 0.05) is 24.7 Å². The standard InChI is InChI=1S/C18H23N5O2/c1-11(2)17-21-16(22-25-17)14-4-3-9-23(14)18(24)12-5-8-15(19-10-12)20-13-6-7-13/h5,8,10-11,13-14H,3-4,6-7,9H2,1-2H3,(H,19,20)/t14-/m1/s1. The van der Waals surface area contributed by atoms with E-state index in [0.29, 0.717) is 29.9 Å². The van der Waals surface area contributed by atoms with E-state index < -0.39 is 0 Å². The first kappa shape index (κ1) is 16.1. The summed E-state index contributed by atoms with van der Waals surface area (Å²) in [4.78, 5) is 23.6. The quantitative estimate of drug-likeness (QED) is 0.899. The largest absolute Gasteiger partial charge is 0.367 e. The Hall–Kier alpha value is -2.44. The van der Waals surface area contributed by atoms with Crippen LogP contribution in [0.3, 0.4) is 0 Å². The van der Waals surface area contributed by atoms with Gasteiger partial charge in [0.25, 0.3) is 5.91 Å². The van der Waals surface area contributed by atoms with Gasteiger partial charge in [0.05, 0.1) is 11.6 Å². The molecular formula is C18H23N5O2. The number of carbonyl (C=O) groups excluding carboxylic acids is 1. The first-order chi connectivity index (χ1) is 12.1. The fraction of sp³-hybridized carbons (Fsp3) is 0.556. The van der Waals surface area contributed by atoms with E-state index in [-0.39, 0.29) is 17.9 Å². The summed E-state index contributed by atoms with van der Waals surface area (Å²) in [6, 6.07) is 4.14. The van der Waals surface area contributed by atoms with Crippen LogP contribution >= 0.6 is 0 Å². The second kappa shape index (κ2) is 6.46. The van der Waals surface area contributed by atoms with Gasteiger partial charge in [-0.2, -0.15) is 4.98 Å². The van der Waals surface area contributed by atoms with Gasteiger partial charge in [0.1, 0.15) is 5.82 Å². The average molecular weight is 341 g/mol. The summed E-state index contributed by atoms with van der Waals surface area (Å²) in [5.41, 5.74) is 0.598. The minimum absolute atomic E-state index is 0.0242. The number of nitrogens with one attached hydrogen (secondary N) is 1. The van der Waals surface area contributed by atoms with Crippen LogP contribution in [0.2, 0.25) is 0 Å². The third-order valence-corrected chi connectivity index (χ3v) is 4.70. The van der Waals surface area contributed by atoms with E-state index in [1.54, 1.807) is 6.20 Å². The van der Waals surface area contributed by atoms with Crippen molar-refractivity contribution in [1.82, 2.24) is 20.0 Å². The number of anilines is 1. The van der Waals surface area contributed by atoms with Crippen molar-refractivity contribution < 1.29 is 9.32 Å². The second-order valence-electron chi connectivity index (χ2n) is 7.15. The number of likely N-dealkylation sites (tertiary alicyclic amines) is 1. The molecule has 3 heterocycles. The summed E-state index contributed by atoms with van der Waals surface area (Å²) in [5, 5.41) is 7.42. The molecule has 1 saturated heterocycles. The number of rotatable bonds is 5. The van der Waals surface area contributed by atoms with Crippen LogP contribution in [0.25, 0.3) is 0 Å². The monoisotopic (exact) mass is 341 g/mol. The molecule has 0 radical (unpaired) electrons. The van der Waals surface area contributed by atoms with Crippen LogP contribution in [0.15, 0.2) is 22.9 Å². The zero-order valence-corrected chi connectivity index (χ0v) is 14.6. The van der Waals surface area contributed by atoms with Gasteiger partial charge in [-0.3, -0.25) is 4.79 Å². The molecule has 1 N–H and O–H groups in total. The molecule has 2 fully saturated rings. The van der Waals surface area contributed by atoms with Crippen LogP contribution in [0.4, 0.5) is 5.82 Å². The maximum atomic E-state index is 12.9. The lowest BCUT2D eigenvalue weighted by molar-refractivity contribution is 0.0728. The second-order valence-corrected chi connectivity index (χ2v) is 7.15. The highest BCUT2D eigenvalue weighted by atomic mass is 16.5. The summed E-state index contributed by atoms with van der Waals surface area (Å²) < 4.78 is 5.31. The lowest BCUT2D eigenvalue weighted by Crippen LogP contribution is -2.31. The molecule has 1 saturated carbocycles. The third kappa shape index (κ3) is 3.36. The maximum absolute atomic E-state index is 12.9. The first-order valence-corrected chi connectivity index (χ1v) is 8.99. The summed E-state index contributed by atoms with van der Waals surface area (Å²) in [5.74, 6) is 2.21. The normalized spacial score (nSPS) is 20.3. The Kier molecular flexibility index (Phi) is 4.15. The van der Waals surface area contributed by atoms with Crippen molar-refractivity contribution in [3.63, 3.8) is 0 Å². The topological polar surface area (TPSA) is 84.2 Å². The van der Waals surface area contributed by atoms with Crippen molar-refractivity contribution in [2.45, 2.75) is 57.5 Å². The number of hydrogen-bond donors (Lipinski definition) is 1. The zero-order valence-electron chi connectivity index (χ0n) is 14.6. The number of nitrogens with zero attached hydrogens (tertiary/aromatic N) is 4. The zero-order chi connectivity index (χ0) is 17.4. The van der Waals surface area contributed by atoms with Crippen molar-refractivity contribution in [3.05, 3.63) is 35.6 Å². The lowest BCUT2D eigenvalue weighted by atomic mass is 10.2. The molecule has 1 atom stereocenters. The Morgan fingerprint density at radius 2 is 2.16 bits per heavy atom. The first-order valence-electron chi connectivity index (χ1n) is 8.99. The van der Waals surface area contributed by atoms with Crippen LogP contribution in [0.1, 0.15) is 73.6 Å². The van der Waals surface area contributed by atoms with Crippen molar-refractivity contribution >= 4 is 11.7 Å². The molecule has 1 aliphatic heterocycles. The van der Waals surface area contributed by atoms with E-state index in [2.05, 4.69) is 20.4 Å². The Labute approximate surface area is 146 Å². The smallest absolute Gasteiger partial charge is 0.256 e. The molecule has 0 bridgehead atoms. The molecule has 1 amide bonds. The van der Waals surface area contributed by atoms with E-state index in [1.165, 1.54) is 12.8 Å². The third-order valence-electron chi connectivity index (χ3n) is 4.70. The van der Waals surface area contributed by atoms with Crippen LogP contribution in [0.5, 0.6) is 0 Å². The number of hydrogen-bond acceptors (Lipinski definition) is 6. The minimum atomic E-state index is -0.118. The van der Waals surface area contributed by atoms with Crippen molar-refractivity contribution in [1.29, 1.82) is 0 Å². The highest BCUT2D eigenvalue weighted by molar-refractivity contribution is 5.94.